The third-order valence-corrected chi connectivity index (χ3v) is 3.47. The molecule has 2 rings (SSSR count). The highest BCUT2D eigenvalue weighted by atomic mass is 19.1. The molecule has 122 valence electrons. The highest BCUT2D eigenvalue weighted by molar-refractivity contribution is 5.72. The lowest BCUT2D eigenvalue weighted by molar-refractivity contribution is -0.146. The van der Waals surface area contributed by atoms with E-state index in [0.29, 0.717) is 12.2 Å². The van der Waals surface area contributed by atoms with Crippen molar-refractivity contribution >= 4 is 5.97 Å². The molecule has 4 nitrogen and oxygen atoms in total. The van der Waals surface area contributed by atoms with Crippen LogP contribution in [-0.2, 0) is 27.4 Å². The summed E-state index contributed by atoms with van der Waals surface area (Å²) in [7, 11) is 1.32. The highest BCUT2D eigenvalue weighted by Crippen LogP contribution is 2.14. The largest absolute Gasteiger partial charge is 0.469 e. The van der Waals surface area contributed by atoms with Crippen molar-refractivity contribution in [3.05, 3.63) is 71.5 Å². The van der Waals surface area contributed by atoms with E-state index < -0.39 is 11.9 Å². The summed E-state index contributed by atoms with van der Waals surface area (Å²) in [4.78, 5) is 17.2. The summed E-state index contributed by atoms with van der Waals surface area (Å²) in [5.41, 5.74) is 4.26. The van der Waals surface area contributed by atoms with Gasteiger partial charge in [-0.15, -0.1) is 0 Å². The Bertz CT molecular complexity index is 619. The Morgan fingerprint density at radius 3 is 2.52 bits per heavy atom. The average molecular weight is 317 g/mol. The average Bonchev–Trinajstić information content (AvgIpc) is 2.59. The molecule has 0 amide bonds. The van der Waals surface area contributed by atoms with Crippen LogP contribution < -0.4 is 5.48 Å². The standard InChI is InChI=1S/C18H20FNO3/c1-22-18(21)16(11-15-9-5-6-10-17(15)19)12-20-23-13-14-7-3-2-4-8-14/h2-10,16,20H,11-13H2,1H3. The molecule has 23 heavy (non-hydrogen) atoms. The Morgan fingerprint density at radius 1 is 1.13 bits per heavy atom. The van der Waals surface area contributed by atoms with Gasteiger partial charge in [-0.05, 0) is 23.6 Å². The summed E-state index contributed by atoms with van der Waals surface area (Å²) in [6.45, 7) is 0.627. The van der Waals surface area contributed by atoms with Crippen LogP contribution in [-0.4, -0.2) is 19.6 Å². The minimum Gasteiger partial charge on any atom is -0.469 e. The van der Waals surface area contributed by atoms with E-state index in [-0.39, 0.29) is 18.8 Å². The van der Waals surface area contributed by atoms with Gasteiger partial charge in [0.2, 0.25) is 0 Å². The van der Waals surface area contributed by atoms with Crippen LogP contribution in [0.4, 0.5) is 4.39 Å². The molecule has 0 heterocycles. The molecule has 0 fully saturated rings. The SMILES string of the molecule is COC(=O)C(CNOCc1ccccc1)Cc1ccccc1F. The molecule has 0 saturated heterocycles. The van der Waals surface area contributed by atoms with E-state index in [1.54, 1.807) is 18.2 Å². The van der Waals surface area contributed by atoms with Gasteiger partial charge in [0, 0.05) is 6.54 Å². The zero-order valence-electron chi connectivity index (χ0n) is 13.0. The minimum atomic E-state index is -0.521. The summed E-state index contributed by atoms with van der Waals surface area (Å²) >= 11 is 0. The van der Waals surface area contributed by atoms with Crippen LogP contribution in [0.3, 0.4) is 0 Å². The molecule has 0 aliphatic carbocycles. The molecule has 0 spiro atoms. The van der Waals surface area contributed by atoms with Crippen LogP contribution >= 0.6 is 0 Å². The van der Waals surface area contributed by atoms with E-state index in [1.807, 2.05) is 30.3 Å². The molecule has 1 atom stereocenters. The van der Waals surface area contributed by atoms with E-state index in [1.165, 1.54) is 13.2 Å². The van der Waals surface area contributed by atoms with Gasteiger partial charge in [-0.2, -0.15) is 0 Å². The molecule has 0 aromatic heterocycles. The molecule has 0 saturated carbocycles. The third-order valence-electron chi connectivity index (χ3n) is 3.47. The summed E-state index contributed by atoms with van der Waals surface area (Å²) in [6, 6.07) is 16.1. The molecule has 0 bridgehead atoms. The minimum absolute atomic E-state index is 0.244. The molecular weight excluding hydrogens is 297 g/mol. The van der Waals surface area contributed by atoms with Crippen LogP contribution in [0.2, 0.25) is 0 Å². The summed E-state index contributed by atoms with van der Waals surface area (Å²) in [5.74, 6) is -1.25. The van der Waals surface area contributed by atoms with Gasteiger partial charge in [-0.25, -0.2) is 9.87 Å². The molecule has 2 aromatic carbocycles. The van der Waals surface area contributed by atoms with Crippen LogP contribution in [0.25, 0.3) is 0 Å². The second-order valence-corrected chi connectivity index (χ2v) is 5.14. The fourth-order valence-corrected chi connectivity index (χ4v) is 2.20. The number of hydrogen-bond donors (Lipinski definition) is 1. The van der Waals surface area contributed by atoms with Crippen LogP contribution in [0.1, 0.15) is 11.1 Å². The molecular formula is C18H20FNO3. The second kappa shape index (κ2) is 9.02. The van der Waals surface area contributed by atoms with Gasteiger partial charge in [-0.3, -0.25) is 9.63 Å². The van der Waals surface area contributed by atoms with Gasteiger partial charge in [0.15, 0.2) is 0 Å². The first-order valence-electron chi connectivity index (χ1n) is 7.40. The fourth-order valence-electron chi connectivity index (χ4n) is 2.20. The summed E-state index contributed by atoms with van der Waals surface area (Å²) in [5, 5.41) is 0. The van der Waals surface area contributed by atoms with E-state index in [9.17, 15) is 9.18 Å². The number of halogens is 1. The lowest BCUT2D eigenvalue weighted by Crippen LogP contribution is -2.31. The van der Waals surface area contributed by atoms with Crippen molar-refractivity contribution in [2.24, 2.45) is 5.92 Å². The highest BCUT2D eigenvalue weighted by Gasteiger charge is 2.21. The first-order valence-corrected chi connectivity index (χ1v) is 7.40. The Labute approximate surface area is 135 Å². The maximum Gasteiger partial charge on any atom is 0.310 e. The number of hydrogen-bond acceptors (Lipinski definition) is 4. The quantitative estimate of drug-likeness (QED) is 0.462. The maximum absolute atomic E-state index is 13.7. The first-order chi connectivity index (χ1) is 11.2. The van der Waals surface area contributed by atoms with Crippen LogP contribution in [0.5, 0.6) is 0 Å². The number of rotatable bonds is 8. The number of methoxy groups -OCH3 is 1. The number of nitrogens with one attached hydrogen (secondary N) is 1. The van der Waals surface area contributed by atoms with Gasteiger partial charge in [0.25, 0.3) is 0 Å². The first kappa shape index (κ1) is 17.1. The van der Waals surface area contributed by atoms with Crippen LogP contribution in [0, 0.1) is 11.7 Å². The van der Waals surface area contributed by atoms with E-state index in [4.69, 9.17) is 9.57 Å². The van der Waals surface area contributed by atoms with E-state index in [0.717, 1.165) is 5.56 Å². The van der Waals surface area contributed by atoms with E-state index >= 15 is 0 Å². The molecule has 1 N–H and O–H groups in total. The topological polar surface area (TPSA) is 47.6 Å². The number of esters is 1. The molecule has 0 aliphatic heterocycles. The normalized spacial score (nSPS) is 11.9. The molecule has 1 unspecified atom stereocenters. The number of ether oxygens (including phenoxy) is 1. The monoisotopic (exact) mass is 317 g/mol. The lowest BCUT2D eigenvalue weighted by Gasteiger charge is -2.16. The molecule has 5 heteroatoms. The van der Waals surface area contributed by atoms with E-state index in [2.05, 4.69) is 5.48 Å². The Hall–Kier alpha value is -2.24. The third kappa shape index (κ3) is 5.47. The van der Waals surface area contributed by atoms with Crippen molar-refractivity contribution in [2.75, 3.05) is 13.7 Å². The predicted octanol–water partition coefficient (Wildman–Crippen LogP) is 2.88. The van der Waals surface area contributed by atoms with Crippen LogP contribution in [0.15, 0.2) is 54.6 Å². The number of carbonyl (C=O) groups is 1. The number of benzene rings is 2. The van der Waals surface area contributed by atoms with Crippen molar-refractivity contribution in [3.63, 3.8) is 0 Å². The van der Waals surface area contributed by atoms with Crippen molar-refractivity contribution < 1.29 is 18.8 Å². The molecule has 0 radical (unpaired) electrons. The van der Waals surface area contributed by atoms with Crippen molar-refractivity contribution in [3.8, 4) is 0 Å². The number of hydroxylamine groups is 1. The Balaban J connectivity index is 1.86. The molecule has 2 aromatic rings. The number of carbonyl (C=O) groups excluding carboxylic acids is 1. The van der Waals surface area contributed by atoms with Crippen molar-refractivity contribution in [1.29, 1.82) is 0 Å². The zero-order chi connectivity index (χ0) is 16.5. The second-order valence-electron chi connectivity index (χ2n) is 5.14. The van der Waals surface area contributed by atoms with Gasteiger partial charge in [0.05, 0.1) is 19.6 Å². The summed E-state index contributed by atoms with van der Waals surface area (Å²) in [6.07, 6.45) is 0.251. The van der Waals surface area contributed by atoms with Gasteiger partial charge in [-0.1, -0.05) is 48.5 Å². The van der Waals surface area contributed by atoms with Gasteiger partial charge in [0.1, 0.15) is 5.82 Å². The van der Waals surface area contributed by atoms with Crippen molar-refractivity contribution in [1.82, 2.24) is 5.48 Å². The Morgan fingerprint density at radius 2 is 1.83 bits per heavy atom. The smallest absolute Gasteiger partial charge is 0.310 e. The zero-order valence-corrected chi connectivity index (χ0v) is 13.0. The lowest BCUT2D eigenvalue weighted by atomic mass is 9.99. The maximum atomic E-state index is 13.7. The van der Waals surface area contributed by atoms with Gasteiger partial charge >= 0.3 is 5.97 Å². The van der Waals surface area contributed by atoms with Gasteiger partial charge < -0.3 is 4.74 Å². The summed E-state index contributed by atoms with van der Waals surface area (Å²) < 4.78 is 18.5. The fraction of sp³-hybridized carbons (Fsp3) is 0.278. The van der Waals surface area contributed by atoms with Crippen molar-refractivity contribution in [2.45, 2.75) is 13.0 Å². The predicted molar refractivity (Wildman–Crippen MR) is 84.8 cm³/mol. The Kier molecular flexibility index (Phi) is 6.72. The molecule has 0 aliphatic rings.